The van der Waals surface area contributed by atoms with Gasteiger partial charge in [0, 0.05) is 0 Å². The zero-order valence-corrected chi connectivity index (χ0v) is 6.32. The Labute approximate surface area is 69.7 Å². The van der Waals surface area contributed by atoms with Crippen LogP contribution in [-0.2, 0) is 11.3 Å². The molecule has 0 heterocycles. The zero-order valence-electron chi connectivity index (χ0n) is 6.32. The number of nitrogens with one attached hydrogen (secondary N) is 1. The summed E-state index contributed by atoms with van der Waals surface area (Å²) >= 11 is 0. The first kappa shape index (κ1) is 8.70. The minimum atomic E-state index is -0.959. The van der Waals surface area contributed by atoms with Crippen LogP contribution < -0.4 is 5.48 Å². The van der Waals surface area contributed by atoms with Crippen molar-refractivity contribution in [3.8, 4) is 0 Å². The van der Waals surface area contributed by atoms with E-state index >= 15 is 0 Å². The topological polar surface area (TPSA) is 65.0 Å². The molecule has 0 bridgehead atoms. The molecule has 63 valence electrons. The predicted molar refractivity (Wildman–Crippen MR) is 41.0 cm³/mol. The molecule has 4 nitrogen and oxygen atoms in total. The fraction of sp³-hybridized carbons (Fsp3) is 0.125. The number of hydrogen-bond donors (Lipinski definition) is 1. The number of rotatable bonds is 2. The van der Waals surface area contributed by atoms with Gasteiger partial charge in [0.15, 0.2) is 0 Å². The molecular weight excluding hydrogens is 158 g/mol. The van der Waals surface area contributed by atoms with Gasteiger partial charge in [0.2, 0.25) is 0 Å². The summed E-state index contributed by atoms with van der Waals surface area (Å²) in [5, 5.41) is 9.73. The Balaban J connectivity index is 2.38. The lowest BCUT2D eigenvalue weighted by atomic mass is 10.2. The SMILES string of the molecule is O=C([NH+][O-])OCc1ccccc1. The Kier molecular flexibility index (Phi) is 3.25. The molecule has 0 aliphatic rings. The van der Waals surface area contributed by atoms with Crippen molar-refractivity contribution in [1.82, 2.24) is 0 Å². The first-order chi connectivity index (χ1) is 5.83. The quantitative estimate of drug-likeness (QED) is 0.637. The molecule has 1 amide bonds. The van der Waals surface area contributed by atoms with Crippen LogP contribution in [0.2, 0.25) is 0 Å². The van der Waals surface area contributed by atoms with Crippen LogP contribution in [0.1, 0.15) is 5.56 Å². The Hall–Kier alpha value is -1.39. The molecule has 1 radical (unpaired) electrons. The zero-order chi connectivity index (χ0) is 8.81. The third kappa shape index (κ3) is 2.69. The second kappa shape index (κ2) is 4.48. The smallest absolute Gasteiger partial charge is 0.565 e. The normalized spacial score (nSPS) is 9.42. The van der Waals surface area contributed by atoms with Crippen LogP contribution >= 0.6 is 0 Å². The minimum absolute atomic E-state index is 0.120. The maximum absolute atomic E-state index is 10.3. The summed E-state index contributed by atoms with van der Waals surface area (Å²) < 4.78 is 4.51. The van der Waals surface area contributed by atoms with Crippen LogP contribution in [0.15, 0.2) is 30.3 Å². The van der Waals surface area contributed by atoms with E-state index in [9.17, 15) is 10.0 Å². The van der Waals surface area contributed by atoms with Crippen LogP contribution in [0, 0.1) is 5.21 Å². The highest BCUT2D eigenvalue weighted by atomic mass is 16.6. The van der Waals surface area contributed by atoms with Gasteiger partial charge in [0.1, 0.15) is 6.61 Å². The van der Waals surface area contributed by atoms with Gasteiger partial charge < -0.3 is 9.94 Å². The van der Waals surface area contributed by atoms with Crippen molar-refractivity contribution in [3.63, 3.8) is 0 Å². The van der Waals surface area contributed by atoms with E-state index in [-0.39, 0.29) is 6.61 Å². The van der Waals surface area contributed by atoms with Gasteiger partial charge in [-0.2, -0.15) is 4.79 Å². The molecule has 4 heteroatoms. The van der Waals surface area contributed by atoms with Crippen molar-refractivity contribution in [2.75, 3.05) is 0 Å². The summed E-state index contributed by atoms with van der Waals surface area (Å²) in [5.41, 5.74) is 1.97. The van der Waals surface area contributed by atoms with Crippen molar-refractivity contribution >= 4 is 6.09 Å². The van der Waals surface area contributed by atoms with Crippen molar-refractivity contribution in [2.24, 2.45) is 0 Å². The Morgan fingerprint density at radius 3 is 2.67 bits per heavy atom. The van der Waals surface area contributed by atoms with E-state index in [2.05, 4.69) is 4.74 Å². The number of benzene rings is 1. The van der Waals surface area contributed by atoms with Crippen molar-refractivity contribution in [3.05, 3.63) is 41.1 Å². The molecule has 0 saturated carbocycles. The molecule has 0 fully saturated rings. The number of hydroxylamine groups is 1. The first-order valence-corrected chi connectivity index (χ1v) is 3.42. The van der Waals surface area contributed by atoms with Crippen LogP contribution in [0.5, 0.6) is 0 Å². The Morgan fingerprint density at radius 1 is 1.42 bits per heavy atom. The van der Waals surface area contributed by atoms with Crippen molar-refractivity contribution in [2.45, 2.75) is 6.61 Å². The van der Waals surface area contributed by atoms with Crippen molar-refractivity contribution < 1.29 is 15.0 Å². The summed E-state index contributed by atoms with van der Waals surface area (Å²) in [6.45, 7) is 0.120. The predicted octanol–water partition coefficient (Wildman–Crippen LogP) is 0.170. The molecule has 0 unspecified atom stereocenters. The van der Waals surface area contributed by atoms with E-state index in [0.29, 0.717) is 0 Å². The first-order valence-electron chi connectivity index (χ1n) is 3.42. The highest BCUT2D eigenvalue weighted by Gasteiger charge is 2.03. The van der Waals surface area contributed by atoms with Gasteiger partial charge in [-0.25, -0.2) is 0 Å². The van der Waals surface area contributed by atoms with Crippen LogP contribution in [0.3, 0.4) is 0 Å². The van der Waals surface area contributed by atoms with E-state index in [1.54, 1.807) is 12.1 Å². The molecule has 1 aromatic rings. The molecule has 0 aromatic heterocycles. The number of carbonyl (C=O) groups is 1. The number of amides is 1. The molecule has 12 heavy (non-hydrogen) atoms. The third-order valence-corrected chi connectivity index (χ3v) is 1.30. The molecule has 0 saturated heterocycles. The monoisotopic (exact) mass is 166 g/mol. The summed E-state index contributed by atoms with van der Waals surface area (Å²) in [4.78, 5) is 10.3. The number of carbonyl (C=O) groups excluding carboxylic acids is 1. The van der Waals surface area contributed by atoms with Crippen molar-refractivity contribution in [1.29, 1.82) is 0 Å². The summed E-state index contributed by atoms with van der Waals surface area (Å²) in [7, 11) is 0. The maximum atomic E-state index is 10.3. The molecule has 0 atom stereocenters. The Bertz CT molecular complexity index is 248. The summed E-state index contributed by atoms with van der Waals surface area (Å²) in [6, 6.07) is 9.12. The Morgan fingerprint density at radius 2 is 2.08 bits per heavy atom. The molecule has 1 aromatic carbocycles. The standard InChI is InChI=1S/C8H8NO3/c10-8(9-11)12-6-7-4-2-1-3-5-7/h1-5,9H,6H2. The second-order valence-corrected chi connectivity index (χ2v) is 2.16. The summed E-state index contributed by atoms with van der Waals surface area (Å²) in [5.74, 6) is 0. The van der Waals surface area contributed by atoms with Gasteiger partial charge in [-0.15, -0.1) is 5.48 Å². The van der Waals surface area contributed by atoms with Gasteiger partial charge in [0.05, 0.1) is 0 Å². The maximum Gasteiger partial charge on any atom is 0.565 e. The fourth-order valence-corrected chi connectivity index (χ4v) is 0.753. The summed E-state index contributed by atoms with van der Waals surface area (Å²) in [6.07, 6.45) is -0.959. The fourth-order valence-electron chi connectivity index (χ4n) is 0.753. The van der Waals surface area contributed by atoms with Gasteiger partial charge in [-0.05, 0) is 5.56 Å². The van der Waals surface area contributed by atoms with Gasteiger partial charge in [-0.1, -0.05) is 30.3 Å². The lowest BCUT2D eigenvalue weighted by molar-refractivity contribution is -0.500. The van der Waals surface area contributed by atoms with Gasteiger partial charge in [0.25, 0.3) is 0 Å². The number of hydrogen-bond acceptors (Lipinski definition) is 3. The van der Waals surface area contributed by atoms with E-state index in [4.69, 9.17) is 0 Å². The molecule has 0 spiro atoms. The lowest BCUT2D eigenvalue weighted by Gasteiger charge is -1.99. The van der Waals surface area contributed by atoms with E-state index in [0.717, 1.165) is 11.0 Å². The molecular formula is C8H8NO3. The van der Waals surface area contributed by atoms with Crippen LogP contribution in [-0.4, -0.2) is 6.09 Å². The number of ether oxygens (including phenoxy) is 1. The average Bonchev–Trinajstić information content (AvgIpc) is 2.16. The molecule has 1 rings (SSSR count). The highest BCUT2D eigenvalue weighted by molar-refractivity contribution is 5.55. The van der Waals surface area contributed by atoms with E-state index in [1.165, 1.54) is 0 Å². The van der Waals surface area contributed by atoms with Crippen LogP contribution in [0.4, 0.5) is 4.79 Å². The largest absolute Gasteiger partial charge is 0.573 e. The lowest BCUT2D eigenvalue weighted by Crippen LogP contribution is -2.81. The van der Waals surface area contributed by atoms with E-state index < -0.39 is 6.09 Å². The van der Waals surface area contributed by atoms with Gasteiger partial charge in [-0.3, -0.25) is 0 Å². The highest BCUT2D eigenvalue weighted by Crippen LogP contribution is 1.99. The minimum Gasteiger partial charge on any atom is -0.573 e. The molecule has 0 aliphatic carbocycles. The second-order valence-electron chi connectivity index (χ2n) is 2.16. The van der Waals surface area contributed by atoms with Crippen LogP contribution in [0.25, 0.3) is 0 Å². The van der Waals surface area contributed by atoms with Gasteiger partial charge >= 0.3 is 6.09 Å². The third-order valence-electron chi connectivity index (χ3n) is 1.30. The van der Waals surface area contributed by atoms with E-state index in [1.807, 2.05) is 18.2 Å². The average molecular weight is 166 g/mol. The molecule has 1 N–H and O–H groups in total. The molecule has 0 aliphatic heterocycles.